The first-order chi connectivity index (χ1) is 8.06. The van der Waals surface area contributed by atoms with Crippen LogP contribution in [0, 0.1) is 6.92 Å². The average Bonchev–Trinajstić information content (AvgIpc) is 2.27. The van der Waals surface area contributed by atoms with Crippen LogP contribution in [0.2, 0.25) is 0 Å². The van der Waals surface area contributed by atoms with Gasteiger partial charge in [-0.3, -0.25) is 0 Å². The number of aryl methyl sites for hydroxylation is 1. The van der Waals surface area contributed by atoms with E-state index in [2.05, 4.69) is 37.2 Å². The van der Waals surface area contributed by atoms with Crippen LogP contribution in [0.25, 0.3) is 0 Å². The monoisotopic (exact) mass is 354 g/mol. The molecule has 2 nitrogen and oxygen atoms in total. The number of nitrogens with one attached hydrogen (secondary N) is 1. The Morgan fingerprint density at radius 3 is 2.47 bits per heavy atom. The van der Waals surface area contributed by atoms with Gasteiger partial charge in [-0.25, -0.2) is 0 Å². The molecule has 3 N–H and O–H groups in total. The molecule has 0 bridgehead atoms. The molecule has 88 valence electrons. The quantitative estimate of drug-likeness (QED) is 0.756. The standard InChI is InChI=1S/C13H12Br2N2/c1-8-6-10(16)3-5-12(8)17-13-7-9(14)2-4-11(13)15/h2-7,17H,16H2,1H3. The molecule has 0 atom stereocenters. The Hall–Kier alpha value is -1.000. The summed E-state index contributed by atoms with van der Waals surface area (Å²) in [6.07, 6.45) is 0. The first kappa shape index (κ1) is 12.5. The van der Waals surface area contributed by atoms with E-state index in [0.717, 1.165) is 31.6 Å². The summed E-state index contributed by atoms with van der Waals surface area (Å²) in [6.45, 7) is 2.03. The second-order valence-corrected chi connectivity index (χ2v) is 5.59. The molecule has 0 saturated carbocycles. The molecule has 2 rings (SSSR count). The summed E-state index contributed by atoms with van der Waals surface area (Å²) in [4.78, 5) is 0. The van der Waals surface area contributed by atoms with Crippen LogP contribution in [0.4, 0.5) is 17.1 Å². The van der Waals surface area contributed by atoms with E-state index in [4.69, 9.17) is 5.73 Å². The van der Waals surface area contributed by atoms with Gasteiger partial charge in [0.25, 0.3) is 0 Å². The Labute approximate surface area is 117 Å². The van der Waals surface area contributed by atoms with E-state index in [-0.39, 0.29) is 0 Å². The van der Waals surface area contributed by atoms with Gasteiger partial charge in [0, 0.05) is 20.3 Å². The van der Waals surface area contributed by atoms with Crippen molar-refractivity contribution in [1.82, 2.24) is 0 Å². The molecule has 0 heterocycles. The molecule has 0 unspecified atom stereocenters. The molecule has 0 amide bonds. The topological polar surface area (TPSA) is 38.0 Å². The zero-order valence-electron chi connectivity index (χ0n) is 9.30. The zero-order valence-corrected chi connectivity index (χ0v) is 12.5. The van der Waals surface area contributed by atoms with Crippen LogP contribution in [-0.4, -0.2) is 0 Å². The lowest BCUT2D eigenvalue weighted by molar-refractivity contribution is 1.42. The van der Waals surface area contributed by atoms with Crippen molar-refractivity contribution in [3.05, 3.63) is 50.9 Å². The predicted molar refractivity (Wildman–Crippen MR) is 80.7 cm³/mol. The number of benzene rings is 2. The van der Waals surface area contributed by atoms with Crippen molar-refractivity contribution in [2.75, 3.05) is 11.1 Å². The van der Waals surface area contributed by atoms with E-state index in [1.54, 1.807) is 0 Å². The summed E-state index contributed by atoms with van der Waals surface area (Å²) in [5.74, 6) is 0. The molecular weight excluding hydrogens is 344 g/mol. The van der Waals surface area contributed by atoms with Gasteiger partial charge < -0.3 is 11.1 Å². The number of anilines is 3. The summed E-state index contributed by atoms with van der Waals surface area (Å²) in [5.41, 5.74) is 9.71. The maximum absolute atomic E-state index is 5.73. The van der Waals surface area contributed by atoms with Crippen LogP contribution >= 0.6 is 31.9 Å². The molecular formula is C13H12Br2N2. The third kappa shape index (κ3) is 3.01. The van der Waals surface area contributed by atoms with Crippen LogP contribution < -0.4 is 11.1 Å². The Bertz CT molecular complexity index is 553. The summed E-state index contributed by atoms with van der Waals surface area (Å²) in [5, 5.41) is 3.38. The van der Waals surface area contributed by atoms with E-state index >= 15 is 0 Å². The van der Waals surface area contributed by atoms with Gasteiger partial charge >= 0.3 is 0 Å². The number of nitrogen functional groups attached to an aromatic ring is 1. The number of rotatable bonds is 2. The van der Waals surface area contributed by atoms with Gasteiger partial charge in [-0.05, 0) is 64.8 Å². The number of hydrogen-bond donors (Lipinski definition) is 2. The zero-order chi connectivity index (χ0) is 12.4. The van der Waals surface area contributed by atoms with Crippen molar-refractivity contribution in [2.24, 2.45) is 0 Å². The smallest absolute Gasteiger partial charge is 0.0540 e. The van der Waals surface area contributed by atoms with E-state index in [1.165, 1.54) is 0 Å². The molecule has 0 spiro atoms. The SMILES string of the molecule is Cc1cc(N)ccc1Nc1cc(Br)ccc1Br. The first-order valence-corrected chi connectivity index (χ1v) is 6.73. The number of halogens is 2. The van der Waals surface area contributed by atoms with E-state index in [0.29, 0.717) is 0 Å². The van der Waals surface area contributed by atoms with Crippen molar-refractivity contribution in [2.45, 2.75) is 6.92 Å². The highest BCUT2D eigenvalue weighted by molar-refractivity contribution is 9.11. The molecule has 4 heteroatoms. The minimum atomic E-state index is 0.779. The fourth-order valence-electron chi connectivity index (χ4n) is 1.57. The Kier molecular flexibility index (Phi) is 3.74. The van der Waals surface area contributed by atoms with Crippen LogP contribution in [0.5, 0.6) is 0 Å². The van der Waals surface area contributed by atoms with Gasteiger partial charge in [0.2, 0.25) is 0 Å². The molecule has 17 heavy (non-hydrogen) atoms. The van der Waals surface area contributed by atoms with Crippen molar-refractivity contribution in [3.8, 4) is 0 Å². The highest BCUT2D eigenvalue weighted by Gasteiger charge is 2.03. The lowest BCUT2D eigenvalue weighted by Crippen LogP contribution is -1.95. The van der Waals surface area contributed by atoms with Crippen molar-refractivity contribution in [1.29, 1.82) is 0 Å². The van der Waals surface area contributed by atoms with Gasteiger partial charge in [-0.15, -0.1) is 0 Å². The average molecular weight is 356 g/mol. The van der Waals surface area contributed by atoms with Gasteiger partial charge in [0.05, 0.1) is 5.69 Å². The highest BCUT2D eigenvalue weighted by Crippen LogP contribution is 2.30. The highest BCUT2D eigenvalue weighted by atomic mass is 79.9. The lowest BCUT2D eigenvalue weighted by atomic mass is 10.1. The molecule has 0 fully saturated rings. The summed E-state index contributed by atoms with van der Waals surface area (Å²) in [7, 11) is 0. The molecule has 0 aliphatic rings. The number of nitrogens with two attached hydrogens (primary N) is 1. The maximum atomic E-state index is 5.73. The molecule has 0 aliphatic heterocycles. The van der Waals surface area contributed by atoms with Gasteiger partial charge in [-0.2, -0.15) is 0 Å². The van der Waals surface area contributed by atoms with E-state index < -0.39 is 0 Å². The molecule has 2 aromatic rings. The summed E-state index contributed by atoms with van der Waals surface area (Å²) in [6, 6.07) is 11.8. The predicted octanol–water partition coefficient (Wildman–Crippen LogP) is 4.85. The Morgan fingerprint density at radius 2 is 1.76 bits per heavy atom. The minimum Gasteiger partial charge on any atom is -0.399 e. The molecule has 0 radical (unpaired) electrons. The molecule has 0 aliphatic carbocycles. The van der Waals surface area contributed by atoms with Gasteiger partial charge in [0.1, 0.15) is 0 Å². The third-order valence-corrected chi connectivity index (χ3v) is 3.63. The fraction of sp³-hybridized carbons (Fsp3) is 0.0769. The number of hydrogen-bond acceptors (Lipinski definition) is 2. The third-order valence-electron chi connectivity index (χ3n) is 2.45. The molecule has 2 aromatic carbocycles. The van der Waals surface area contributed by atoms with Crippen molar-refractivity contribution >= 4 is 48.9 Å². The van der Waals surface area contributed by atoms with Crippen LogP contribution in [-0.2, 0) is 0 Å². The summed E-state index contributed by atoms with van der Waals surface area (Å²) >= 11 is 6.98. The Morgan fingerprint density at radius 1 is 1.00 bits per heavy atom. The second kappa shape index (κ2) is 5.10. The normalized spacial score (nSPS) is 10.3. The largest absolute Gasteiger partial charge is 0.399 e. The summed E-state index contributed by atoms with van der Waals surface area (Å²) < 4.78 is 2.06. The van der Waals surface area contributed by atoms with Crippen molar-refractivity contribution < 1.29 is 0 Å². The molecule has 0 saturated heterocycles. The molecule has 0 aromatic heterocycles. The fourth-order valence-corrected chi connectivity index (χ4v) is 2.27. The first-order valence-electron chi connectivity index (χ1n) is 5.14. The lowest BCUT2D eigenvalue weighted by Gasteiger charge is -2.12. The van der Waals surface area contributed by atoms with Crippen LogP contribution in [0.1, 0.15) is 5.56 Å². The van der Waals surface area contributed by atoms with Gasteiger partial charge in [-0.1, -0.05) is 15.9 Å². The minimum absolute atomic E-state index is 0.779. The second-order valence-electron chi connectivity index (χ2n) is 3.82. The van der Waals surface area contributed by atoms with E-state index in [1.807, 2.05) is 43.3 Å². The van der Waals surface area contributed by atoms with Crippen LogP contribution in [0.3, 0.4) is 0 Å². The van der Waals surface area contributed by atoms with E-state index in [9.17, 15) is 0 Å². The van der Waals surface area contributed by atoms with Gasteiger partial charge in [0.15, 0.2) is 0 Å². The Balaban J connectivity index is 2.34. The van der Waals surface area contributed by atoms with Crippen molar-refractivity contribution in [3.63, 3.8) is 0 Å². The maximum Gasteiger partial charge on any atom is 0.0540 e. The van der Waals surface area contributed by atoms with Crippen LogP contribution in [0.15, 0.2) is 45.3 Å².